The summed E-state index contributed by atoms with van der Waals surface area (Å²) in [5.41, 5.74) is 1.97. The molecule has 0 radical (unpaired) electrons. The SMILES string of the molecule is Cc1ccc(S(=O)(=O)n2c([C@@H](C)O)nc3ccccc32)cc1. The Morgan fingerprint density at radius 1 is 1.09 bits per heavy atom. The van der Waals surface area contributed by atoms with Crippen molar-refractivity contribution >= 4 is 21.1 Å². The fourth-order valence-corrected chi connectivity index (χ4v) is 3.90. The van der Waals surface area contributed by atoms with Gasteiger partial charge in [-0.3, -0.25) is 0 Å². The van der Waals surface area contributed by atoms with E-state index in [2.05, 4.69) is 4.98 Å². The van der Waals surface area contributed by atoms with Crippen molar-refractivity contribution in [1.29, 1.82) is 0 Å². The average Bonchev–Trinajstić information content (AvgIpc) is 2.88. The molecule has 0 bridgehead atoms. The Kier molecular flexibility index (Phi) is 3.50. The van der Waals surface area contributed by atoms with Crippen LogP contribution in [0, 0.1) is 6.92 Å². The molecule has 3 aromatic rings. The molecule has 1 N–H and O–H groups in total. The molecule has 22 heavy (non-hydrogen) atoms. The van der Waals surface area contributed by atoms with Gasteiger partial charge in [-0.25, -0.2) is 17.4 Å². The minimum absolute atomic E-state index is 0.113. The maximum absolute atomic E-state index is 13.0. The summed E-state index contributed by atoms with van der Waals surface area (Å²) in [7, 11) is -3.82. The van der Waals surface area contributed by atoms with Crippen LogP contribution in [0.5, 0.6) is 0 Å². The zero-order valence-corrected chi connectivity index (χ0v) is 13.1. The van der Waals surface area contributed by atoms with E-state index in [0.29, 0.717) is 11.0 Å². The summed E-state index contributed by atoms with van der Waals surface area (Å²) in [6.45, 7) is 3.40. The molecule has 0 saturated carbocycles. The number of benzene rings is 2. The normalized spacial score (nSPS) is 13.4. The van der Waals surface area contributed by atoms with Crippen molar-refractivity contribution < 1.29 is 13.5 Å². The molecule has 5 nitrogen and oxygen atoms in total. The summed E-state index contributed by atoms with van der Waals surface area (Å²) in [4.78, 5) is 4.42. The molecule has 1 aromatic heterocycles. The summed E-state index contributed by atoms with van der Waals surface area (Å²) in [5, 5.41) is 9.91. The molecule has 0 aliphatic heterocycles. The first-order valence-electron chi connectivity index (χ1n) is 6.89. The quantitative estimate of drug-likeness (QED) is 0.806. The van der Waals surface area contributed by atoms with Crippen molar-refractivity contribution in [3.05, 3.63) is 59.9 Å². The van der Waals surface area contributed by atoms with Gasteiger partial charge in [0.15, 0.2) is 5.82 Å². The van der Waals surface area contributed by atoms with E-state index in [1.165, 1.54) is 6.92 Å². The lowest BCUT2D eigenvalue weighted by Crippen LogP contribution is -2.17. The smallest absolute Gasteiger partial charge is 0.269 e. The predicted octanol–water partition coefficient (Wildman–Crippen LogP) is 2.64. The van der Waals surface area contributed by atoms with E-state index in [1.54, 1.807) is 48.5 Å². The van der Waals surface area contributed by atoms with Gasteiger partial charge in [0, 0.05) is 0 Å². The highest BCUT2D eigenvalue weighted by Crippen LogP contribution is 2.26. The van der Waals surface area contributed by atoms with Crippen LogP contribution in [0.15, 0.2) is 53.4 Å². The first kappa shape index (κ1) is 14.7. The van der Waals surface area contributed by atoms with Gasteiger partial charge in [0.25, 0.3) is 10.0 Å². The average molecular weight is 316 g/mol. The molecule has 114 valence electrons. The minimum atomic E-state index is -3.82. The van der Waals surface area contributed by atoms with Crippen molar-refractivity contribution in [1.82, 2.24) is 8.96 Å². The van der Waals surface area contributed by atoms with Gasteiger partial charge in [0.1, 0.15) is 6.10 Å². The largest absolute Gasteiger partial charge is 0.385 e. The van der Waals surface area contributed by atoms with Gasteiger partial charge in [-0.05, 0) is 38.1 Å². The van der Waals surface area contributed by atoms with Gasteiger partial charge >= 0.3 is 0 Å². The zero-order valence-electron chi connectivity index (χ0n) is 12.3. The molecule has 3 rings (SSSR count). The second-order valence-corrected chi connectivity index (χ2v) is 7.00. The number of aliphatic hydroxyl groups excluding tert-OH is 1. The van der Waals surface area contributed by atoms with Crippen LogP contribution in [-0.4, -0.2) is 22.5 Å². The number of hydrogen-bond acceptors (Lipinski definition) is 4. The molecule has 0 aliphatic rings. The summed E-state index contributed by atoms with van der Waals surface area (Å²) in [5.74, 6) is 0.113. The van der Waals surface area contributed by atoms with E-state index in [-0.39, 0.29) is 10.7 Å². The maximum atomic E-state index is 13.0. The number of fused-ring (bicyclic) bond motifs is 1. The van der Waals surface area contributed by atoms with E-state index < -0.39 is 16.1 Å². The molecule has 0 spiro atoms. The fourth-order valence-electron chi connectivity index (χ4n) is 2.35. The van der Waals surface area contributed by atoms with E-state index >= 15 is 0 Å². The van der Waals surface area contributed by atoms with E-state index in [9.17, 15) is 13.5 Å². The highest BCUT2D eigenvalue weighted by molar-refractivity contribution is 7.90. The maximum Gasteiger partial charge on any atom is 0.269 e. The standard InChI is InChI=1S/C16H16N2O3S/c1-11-7-9-13(10-8-11)22(20,21)18-15-6-4-3-5-14(15)17-16(18)12(2)19/h3-10,12,19H,1-2H3/t12-/m1/s1. The lowest BCUT2D eigenvalue weighted by atomic mass is 10.2. The lowest BCUT2D eigenvalue weighted by molar-refractivity contribution is 0.188. The summed E-state index contributed by atoms with van der Waals surface area (Å²) in [6.07, 6.45) is -0.993. The van der Waals surface area contributed by atoms with Crippen molar-refractivity contribution in [2.75, 3.05) is 0 Å². The van der Waals surface area contributed by atoms with E-state index in [1.807, 2.05) is 6.92 Å². The molecule has 2 aromatic carbocycles. The van der Waals surface area contributed by atoms with Crippen molar-refractivity contribution in [2.45, 2.75) is 24.8 Å². The topological polar surface area (TPSA) is 72.2 Å². The number of hydrogen-bond donors (Lipinski definition) is 1. The number of rotatable bonds is 3. The van der Waals surface area contributed by atoms with Crippen LogP contribution < -0.4 is 0 Å². The second-order valence-electron chi connectivity index (χ2n) is 5.22. The Morgan fingerprint density at radius 3 is 2.36 bits per heavy atom. The molecule has 6 heteroatoms. The zero-order chi connectivity index (χ0) is 15.9. The summed E-state index contributed by atoms with van der Waals surface area (Å²) >= 11 is 0. The summed E-state index contributed by atoms with van der Waals surface area (Å²) in [6, 6.07) is 13.5. The molecule has 0 unspecified atom stereocenters. The molecule has 0 amide bonds. The minimum Gasteiger partial charge on any atom is -0.385 e. The first-order valence-corrected chi connectivity index (χ1v) is 8.33. The van der Waals surface area contributed by atoms with Crippen LogP contribution in [0.25, 0.3) is 11.0 Å². The van der Waals surface area contributed by atoms with E-state index in [0.717, 1.165) is 9.54 Å². The van der Waals surface area contributed by atoms with Crippen molar-refractivity contribution in [2.24, 2.45) is 0 Å². The molecule has 0 aliphatic carbocycles. The molecule has 0 fully saturated rings. The molecule has 0 saturated heterocycles. The number of para-hydroxylation sites is 2. The third-order valence-corrected chi connectivity index (χ3v) is 5.21. The molecule has 1 heterocycles. The molecular formula is C16H16N2O3S. The number of imidazole rings is 1. The number of aliphatic hydroxyl groups is 1. The van der Waals surface area contributed by atoms with Gasteiger partial charge in [-0.1, -0.05) is 29.8 Å². The Bertz CT molecular complexity index is 926. The highest BCUT2D eigenvalue weighted by Gasteiger charge is 2.25. The van der Waals surface area contributed by atoms with E-state index in [4.69, 9.17) is 0 Å². The Hall–Kier alpha value is -2.18. The van der Waals surface area contributed by atoms with Crippen LogP contribution in [0.3, 0.4) is 0 Å². The second kappa shape index (κ2) is 5.23. The highest BCUT2D eigenvalue weighted by atomic mass is 32.2. The third kappa shape index (κ3) is 2.30. The van der Waals surface area contributed by atoms with Crippen LogP contribution in [0.1, 0.15) is 24.4 Å². The van der Waals surface area contributed by atoms with Crippen LogP contribution >= 0.6 is 0 Å². The number of nitrogens with zero attached hydrogens (tertiary/aromatic N) is 2. The van der Waals surface area contributed by atoms with Gasteiger partial charge in [0.2, 0.25) is 0 Å². The van der Waals surface area contributed by atoms with Crippen molar-refractivity contribution in [3.8, 4) is 0 Å². The Morgan fingerprint density at radius 2 is 1.73 bits per heavy atom. The predicted molar refractivity (Wildman–Crippen MR) is 84.1 cm³/mol. The molecule has 1 atom stereocenters. The van der Waals surface area contributed by atoms with Gasteiger partial charge in [-0.2, -0.15) is 0 Å². The first-order chi connectivity index (χ1) is 10.4. The van der Waals surface area contributed by atoms with Crippen LogP contribution in [0.4, 0.5) is 0 Å². The van der Waals surface area contributed by atoms with Crippen LogP contribution in [-0.2, 0) is 10.0 Å². The monoisotopic (exact) mass is 316 g/mol. The number of aryl methyl sites for hydroxylation is 1. The van der Waals surface area contributed by atoms with Crippen molar-refractivity contribution in [3.63, 3.8) is 0 Å². The van der Waals surface area contributed by atoms with Gasteiger partial charge < -0.3 is 5.11 Å². The Labute approximate surface area is 128 Å². The summed E-state index contributed by atoms with van der Waals surface area (Å²) < 4.78 is 27.0. The molecular weight excluding hydrogens is 300 g/mol. The van der Waals surface area contributed by atoms with Gasteiger partial charge in [0.05, 0.1) is 15.9 Å². The fraction of sp³-hybridized carbons (Fsp3) is 0.188. The Balaban J connectivity index is 2.32. The number of aromatic nitrogens is 2. The van der Waals surface area contributed by atoms with Crippen LogP contribution in [0.2, 0.25) is 0 Å². The third-order valence-electron chi connectivity index (χ3n) is 3.48. The van der Waals surface area contributed by atoms with Gasteiger partial charge in [-0.15, -0.1) is 0 Å². The lowest BCUT2D eigenvalue weighted by Gasteiger charge is -2.12.